The van der Waals surface area contributed by atoms with Gasteiger partial charge in [0.25, 0.3) is 0 Å². The van der Waals surface area contributed by atoms with Gasteiger partial charge in [0.05, 0.1) is 13.0 Å². The van der Waals surface area contributed by atoms with Gasteiger partial charge in [-0.05, 0) is 19.9 Å². The van der Waals surface area contributed by atoms with E-state index in [0.717, 1.165) is 12.2 Å². The molecule has 1 atom stereocenters. The van der Waals surface area contributed by atoms with Crippen molar-refractivity contribution in [3.63, 3.8) is 0 Å². The van der Waals surface area contributed by atoms with Crippen LogP contribution in [0.4, 0.5) is 5.95 Å². The standard InChI is InChI=1S/C12H19N3O2/c1-5-15(8-9(2)11(16)17-4)12-13-7-6-10(3)14-12/h6-7,9H,5,8H2,1-4H3. The highest BCUT2D eigenvalue weighted by atomic mass is 16.5. The van der Waals surface area contributed by atoms with Crippen molar-refractivity contribution in [2.24, 2.45) is 5.92 Å². The SMILES string of the molecule is CCN(CC(C)C(=O)OC)c1nccc(C)n1. The number of aromatic nitrogens is 2. The van der Waals surface area contributed by atoms with E-state index in [1.165, 1.54) is 7.11 Å². The third kappa shape index (κ3) is 3.69. The van der Waals surface area contributed by atoms with Crippen LogP contribution in [-0.4, -0.2) is 36.1 Å². The number of esters is 1. The smallest absolute Gasteiger partial charge is 0.310 e. The van der Waals surface area contributed by atoms with Gasteiger partial charge in [0, 0.05) is 25.0 Å². The molecule has 0 aliphatic carbocycles. The van der Waals surface area contributed by atoms with Crippen LogP contribution >= 0.6 is 0 Å². The summed E-state index contributed by atoms with van der Waals surface area (Å²) in [5.41, 5.74) is 0.916. The van der Waals surface area contributed by atoms with Crippen molar-refractivity contribution in [3.8, 4) is 0 Å². The maximum Gasteiger partial charge on any atom is 0.310 e. The van der Waals surface area contributed by atoms with E-state index < -0.39 is 0 Å². The summed E-state index contributed by atoms with van der Waals surface area (Å²) in [6.45, 7) is 7.08. The van der Waals surface area contributed by atoms with Gasteiger partial charge in [-0.15, -0.1) is 0 Å². The predicted molar refractivity (Wildman–Crippen MR) is 65.8 cm³/mol. The Morgan fingerprint density at radius 3 is 2.82 bits per heavy atom. The molecule has 1 aromatic heterocycles. The van der Waals surface area contributed by atoms with E-state index >= 15 is 0 Å². The maximum absolute atomic E-state index is 11.4. The van der Waals surface area contributed by atoms with Crippen molar-refractivity contribution in [1.82, 2.24) is 9.97 Å². The van der Waals surface area contributed by atoms with E-state index in [2.05, 4.69) is 9.97 Å². The molecule has 5 heteroatoms. The van der Waals surface area contributed by atoms with E-state index in [0.29, 0.717) is 12.5 Å². The van der Waals surface area contributed by atoms with Crippen LogP contribution in [0.25, 0.3) is 0 Å². The van der Waals surface area contributed by atoms with Gasteiger partial charge >= 0.3 is 5.97 Å². The van der Waals surface area contributed by atoms with Gasteiger partial charge < -0.3 is 9.64 Å². The lowest BCUT2D eigenvalue weighted by Gasteiger charge is -2.23. The Balaban J connectivity index is 2.75. The molecule has 94 valence electrons. The lowest BCUT2D eigenvalue weighted by Crippen LogP contribution is -2.33. The topological polar surface area (TPSA) is 55.3 Å². The van der Waals surface area contributed by atoms with Crippen LogP contribution in [0.2, 0.25) is 0 Å². The van der Waals surface area contributed by atoms with Crippen molar-refractivity contribution in [2.75, 3.05) is 25.1 Å². The molecule has 0 bridgehead atoms. The average Bonchev–Trinajstić information content (AvgIpc) is 2.34. The summed E-state index contributed by atoms with van der Waals surface area (Å²) in [7, 11) is 1.40. The molecular formula is C12H19N3O2. The van der Waals surface area contributed by atoms with Gasteiger partial charge in [0.2, 0.25) is 5.95 Å². The second kappa shape index (κ2) is 6.18. The first-order valence-electron chi connectivity index (χ1n) is 5.70. The van der Waals surface area contributed by atoms with E-state index in [1.807, 2.05) is 31.7 Å². The van der Waals surface area contributed by atoms with Crippen LogP contribution in [0.3, 0.4) is 0 Å². The zero-order valence-corrected chi connectivity index (χ0v) is 10.8. The number of nitrogens with zero attached hydrogens (tertiary/aromatic N) is 3. The fraction of sp³-hybridized carbons (Fsp3) is 0.583. The van der Waals surface area contributed by atoms with Crippen molar-refractivity contribution in [3.05, 3.63) is 18.0 Å². The molecule has 1 rings (SSSR count). The molecule has 0 aliphatic heterocycles. The highest BCUT2D eigenvalue weighted by molar-refractivity contribution is 5.72. The molecule has 1 unspecified atom stereocenters. The highest BCUT2D eigenvalue weighted by Gasteiger charge is 2.18. The number of hydrogen-bond acceptors (Lipinski definition) is 5. The number of carbonyl (C=O) groups is 1. The third-order valence-corrected chi connectivity index (χ3v) is 2.54. The summed E-state index contributed by atoms with van der Waals surface area (Å²) in [6, 6.07) is 1.85. The first-order chi connectivity index (χ1) is 8.08. The highest BCUT2D eigenvalue weighted by Crippen LogP contribution is 2.10. The number of aryl methyl sites for hydroxylation is 1. The second-order valence-electron chi connectivity index (χ2n) is 3.96. The molecule has 1 heterocycles. The molecular weight excluding hydrogens is 218 g/mol. The Labute approximate surface area is 102 Å². The molecule has 1 aromatic rings. The first kappa shape index (κ1) is 13.4. The summed E-state index contributed by atoms with van der Waals surface area (Å²) in [6.07, 6.45) is 1.73. The third-order valence-electron chi connectivity index (χ3n) is 2.54. The summed E-state index contributed by atoms with van der Waals surface area (Å²) >= 11 is 0. The lowest BCUT2D eigenvalue weighted by atomic mass is 10.2. The van der Waals surface area contributed by atoms with Crippen LogP contribution in [0, 0.1) is 12.8 Å². The number of hydrogen-bond donors (Lipinski definition) is 0. The molecule has 5 nitrogen and oxygen atoms in total. The Morgan fingerprint density at radius 1 is 1.59 bits per heavy atom. The van der Waals surface area contributed by atoms with E-state index in [4.69, 9.17) is 4.74 Å². The summed E-state index contributed by atoms with van der Waals surface area (Å²) in [5, 5.41) is 0. The zero-order valence-electron chi connectivity index (χ0n) is 10.8. The molecule has 0 N–H and O–H groups in total. The molecule has 0 spiro atoms. The van der Waals surface area contributed by atoms with Gasteiger partial charge in [-0.3, -0.25) is 4.79 Å². The summed E-state index contributed by atoms with van der Waals surface area (Å²) in [5.74, 6) is 0.253. The molecule has 17 heavy (non-hydrogen) atoms. The van der Waals surface area contributed by atoms with Crippen LogP contribution < -0.4 is 4.90 Å². The fourth-order valence-corrected chi connectivity index (χ4v) is 1.55. The maximum atomic E-state index is 11.4. The molecule has 0 aliphatic rings. The molecule has 0 amide bonds. The second-order valence-corrected chi connectivity index (χ2v) is 3.96. The minimum atomic E-state index is -0.212. The summed E-state index contributed by atoms with van der Waals surface area (Å²) in [4.78, 5) is 21.9. The fourth-order valence-electron chi connectivity index (χ4n) is 1.55. The molecule has 0 saturated heterocycles. The van der Waals surface area contributed by atoms with Crippen molar-refractivity contribution in [1.29, 1.82) is 0 Å². The van der Waals surface area contributed by atoms with Crippen molar-refractivity contribution >= 4 is 11.9 Å². The van der Waals surface area contributed by atoms with Crippen molar-refractivity contribution in [2.45, 2.75) is 20.8 Å². The van der Waals surface area contributed by atoms with E-state index in [9.17, 15) is 4.79 Å². The Morgan fingerprint density at radius 2 is 2.29 bits per heavy atom. The lowest BCUT2D eigenvalue weighted by molar-refractivity contribution is -0.144. The minimum absolute atomic E-state index is 0.191. The molecule has 0 fully saturated rings. The largest absolute Gasteiger partial charge is 0.469 e. The van der Waals surface area contributed by atoms with E-state index in [1.54, 1.807) is 6.20 Å². The number of anilines is 1. The van der Waals surface area contributed by atoms with Gasteiger partial charge in [0.1, 0.15) is 0 Å². The number of carbonyl (C=O) groups excluding carboxylic acids is 1. The minimum Gasteiger partial charge on any atom is -0.469 e. The van der Waals surface area contributed by atoms with Gasteiger partial charge in [-0.25, -0.2) is 9.97 Å². The Hall–Kier alpha value is -1.65. The van der Waals surface area contributed by atoms with Crippen LogP contribution in [-0.2, 0) is 9.53 Å². The van der Waals surface area contributed by atoms with Gasteiger partial charge in [-0.2, -0.15) is 0 Å². The molecule has 0 saturated carbocycles. The molecule has 0 radical (unpaired) electrons. The van der Waals surface area contributed by atoms with E-state index in [-0.39, 0.29) is 11.9 Å². The number of rotatable bonds is 5. The van der Waals surface area contributed by atoms with Crippen LogP contribution in [0.15, 0.2) is 12.3 Å². The quantitative estimate of drug-likeness (QED) is 0.725. The van der Waals surface area contributed by atoms with Crippen LogP contribution in [0.5, 0.6) is 0 Å². The predicted octanol–water partition coefficient (Wildman–Crippen LogP) is 1.42. The van der Waals surface area contributed by atoms with Gasteiger partial charge in [-0.1, -0.05) is 6.92 Å². The normalized spacial score (nSPS) is 12.0. The number of methoxy groups -OCH3 is 1. The monoisotopic (exact) mass is 237 g/mol. The Kier molecular flexibility index (Phi) is 4.87. The Bertz CT molecular complexity index is 382. The first-order valence-corrected chi connectivity index (χ1v) is 5.70. The van der Waals surface area contributed by atoms with Crippen molar-refractivity contribution < 1.29 is 9.53 Å². The molecule has 0 aromatic carbocycles. The average molecular weight is 237 g/mol. The van der Waals surface area contributed by atoms with Crippen LogP contribution in [0.1, 0.15) is 19.5 Å². The van der Waals surface area contributed by atoms with Gasteiger partial charge in [0.15, 0.2) is 0 Å². The number of ether oxygens (including phenoxy) is 1. The summed E-state index contributed by atoms with van der Waals surface area (Å²) < 4.78 is 4.71. The zero-order chi connectivity index (χ0) is 12.8.